The van der Waals surface area contributed by atoms with Crippen LogP contribution >= 0.6 is 0 Å². The molecule has 0 radical (unpaired) electrons. The summed E-state index contributed by atoms with van der Waals surface area (Å²) in [5.74, 6) is -1.04. The summed E-state index contributed by atoms with van der Waals surface area (Å²) >= 11 is 0. The summed E-state index contributed by atoms with van der Waals surface area (Å²) in [5, 5.41) is 9.00. The van der Waals surface area contributed by atoms with Gasteiger partial charge >= 0.3 is 12.0 Å². The summed E-state index contributed by atoms with van der Waals surface area (Å²) in [6.07, 6.45) is 2.44. The third-order valence-corrected chi connectivity index (χ3v) is 2.71. The van der Waals surface area contributed by atoms with E-state index in [1.165, 1.54) is 4.90 Å². The molecule has 0 aliphatic rings. The molecule has 0 spiro atoms. The van der Waals surface area contributed by atoms with Crippen LogP contribution in [0.25, 0.3) is 0 Å². The van der Waals surface area contributed by atoms with Crippen molar-refractivity contribution in [2.45, 2.75) is 13.3 Å². The van der Waals surface area contributed by atoms with E-state index >= 15 is 0 Å². The zero-order valence-electron chi connectivity index (χ0n) is 11.7. The summed E-state index contributed by atoms with van der Waals surface area (Å²) in [6, 6.07) is 8.49. The maximum atomic E-state index is 12.5. The first kappa shape index (κ1) is 15.8. The number of carboxylic acid groups (broad SMARTS) is 1. The molecule has 0 fully saturated rings. The van der Waals surface area contributed by atoms with Gasteiger partial charge in [0.1, 0.15) is 6.54 Å². The number of nitrogens with zero attached hydrogens (tertiary/aromatic N) is 2. The van der Waals surface area contributed by atoms with Crippen LogP contribution in [0.1, 0.15) is 13.3 Å². The van der Waals surface area contributed by atoms with Crippen molar-refractivity contribution < 1.29 is 14.7 Å². The van der Waals surface area contributed by atoms with E-state index in [9.17, 15) is 9.59 Å². The van der Waals surface area contributed by atoms with Gasteiger partial charge in [-0.2, -0.15) is 0 Å². The predicted octanol–water partition coefficient (Wildman–Crippen LogP) is 2.60. The molecule has 0 saturated carbocycles. The fourth-order valence-electron chi connectivity index (χ4n) is 1.87. The highest BCUT2D eigenvalue weighted by Gasteiger charge is 2.23. The van der Waals surface area contributed by atoms with Gasteiger partial charge in [-0.25, -0.2) is 4.79 Å². The van der Waals surface area contributed by atoms with Crippen LogP contribution in [0.2, 0.25) is 0 Å². The second-order valence-corrected chi connectivity index (χ2v) is 4.33. The van der Waals surface area contributed by atoms with E-state index in [2.05, 4.69) is 6.58 Å². The molecule has 2 amide bonds. The van der Waals surface area contributed by atoms with E-state index < -0.39 is 5.97 Å². The average molecular weight is 276 g/mol. The first-order chi connectivity index (χ1) is 9.60. The number of aliphatic carboxylic acids is 1. The molecule has 0 aliphatic carbocycles. The molecule has 108 valence electrons. The summed E-state index contributed by atoms with van der Waals surface area (Å²) < 4.78 is 0. The van der Waals surface area contributed by atoms with Crippen molar-refractivity contribution in [3.05, 3.63) is 43.0 Å². The van der Waals surface area contributed by atoms with Crippen molar-refractivity contribution in [2.75, 3.05) is 24.5 Å². The highest BCUT2D eigenvalue weighted by atomic mass is 16.4. The Morgan fingerprint density at radius 1 is 1.30 bits per heavy atom. The van der Waals surface area contributed by atoms with Crippen molar-refractivity contribution in [3.8, 4) is 0 Å². The fraction of sp³-hybridized carbons (Fsp3) is 0.333. The Morgan fingerprint density at radius 2 is 1.95 bits per heavy atom. The maximum absolute atomic E-state index is 12.5. The van der Waals surface area contributed by atoms with E-state index in [-0.39, 0.29) is 12.6 Å². The predicted molar refractivity (Wildman–Crippen MR) is 78.9 cm³/mol. The van der Waals surface area contributed by atoms with Crippen molar-refractivity contribution in [1.82, 2.24) is 4.90 Å². The number of carbonyl (C=O) groups excluding carboxylic acids is 1. The molecular formula is C15H20N2O3. The minimum atomic E-state index is -1.04. The molecule has 0 saturated heterocycles. The van der Waals surface area contributed by atoms with Crippen LogP contribution in [-0.2, 0) is 4.79 Å². The van der Waals surface area contributed by atoms with E-state index in [0.29, 0.717) is 18.8 Å². The zero-order valence-corrected chi connectivity index (χ0v) is 11.7. The van der Waals surface area contributed by atoms with Gasteiger partial charge in [0, 0.05) is 18.8 Å². The van der Waals surface area contributed by atoms with Crippen molar-refractivity contribution >= 4 is 17.7 Å². The molecule has 0 bridgehead atoms. The fourth-order valence-corrected chi connectivity index (χ4v) is 1.87. The summed E-state index contributed by atoms with van der Waals surface area (Å²) in [7, 11) is 0. The lowest BCUT2D eigenvalue weighted by Gasteiger charge is -2.29. The van der Waals surface area contributed by atoms with Gasteiger partial charge < -0.3 is 10.0 Å². The number of hydrogen-bond acceptors (Lipinski definition) is 2. The molecule has 1 aromatic carbocycles. The monoisotopic (exact) mass is 276 g/mol. The van der Waals surface area contributed by atoms with Gasteiger partial charge in [0.05, 0.1) is 0 Å². The third kappa shape index (κ3) is 4.42. The van der Waals surface area contributed by atoms with Crippen LogP contribution in [0.3, 0.4) is 0 Å². The summed E-state index contributed by atoms with van der Waals surface area (Å²) in [6.45, 7) is 6.20. The number of rotatable bonds is 7. The van der Waals surface area contributed by atoms with Gasteiger partial charge in [0.15, 0.2) is 0 Å². The first-order valence-electron chi connectivity index (χ1n) is 6.54. The molecular weight excluding hydrogens is 256 g/mol. The van der Waals surface area contributed by atoms with Gasteiger partial charge in [-0.1, -0.05) is 31.2 Å². The molecule has 0 unspecified atom stereocenters. The van der Waals surface area contributed by atoms with Gasteiger partial charge in [-0.15, -0.1) is 6.58 Å². The van der Waals surface area contributed by atoms with Crippen LogP contribution in [-0.4, -0.2) is 41.6 Å². The smallest absolute Gasteiger partial charge is 0.325 e. The quantitative estimate of drug-likeness (QED) is 0.779. The molecule has 20 heavy (non-hydrogen) atoms. The lowest BCUT2D eigenvalue weighted by Crippen LogP contribution is -2.46. The van der Waals surface area contributed by atoms with Gasteiger partial charge in [0.2, 0.25) is 0 Å². The molecule has 1 rings (SSSR count). The topological polar surface area (TPSA) is 60.9 Å². The van der Waals surface area contributed by atoms with Gasteiger partial charge in [-0.05, 0) is 18.6 Å². The number of urea groups is 1. The van der Waals surface area contributed by atoms with E-state index in [1.54, 1.807) is 35.2 Å². The van der Waals surface area contributed by atoms with Crippen LogP contribution in [0.15, 0.2) is 43.0 Å². The lowest BCUT2D eigenvalue weighted by molar-refractivity contribution is -0.135. The van der Waals surface area contributed by atoms with Crippen LogP contribution in [0, 0.1) is 0 Å². The highest BCUT2D eigenvalue weighted by molar-refractivity contribution is 5.96. The van der Waals surface area contributed by atoms with Crippen LogP contribution in [0.5, 0.6) is 0 Å². The number of carbonyl (C=O) groups is 2. The second kappa shape index (κ2) is 7.99. The SMILES string of the molecule is C=CCN(CCC)C(=O)N(CC(=O)O)c1ccccc1. The average Bonchev–Trinajstić information content (AvgIpc) is 2.44. The lowest BCUT2D eigenvalue weighted by atomic mass is 10.3. The van der Waals surface area contributed by atoms with Crippen LogP contribution in [0.4, 0.5) is 10.5 Å². The Bertz CT molecular complexity index is 459. The molecule has 0 aliphatic heterocycles. The number of para-hydroxylation sites is 1. The number of hydrogen-bond donors (Lipinski definition) is 1. The van der Waals surface area contributed by atoms with E-state index in [0.717, 1.165) is 6.42 Å². The van der Waals surface area contributed by atoms with E-state index in [4.69, 9.17) is 5.11 Å². The van der Waals surface area contributed by atoms with E-state index in [1.807, 2.05) is 13.0 Å². The largest absolute Gasteiger partial charge is 0.480 e. The first-order valence-corrected chi connectivity index (χ1v) is 6.54. The summed E-state index contributed by atoms with van der Waals surface area (Å²) in [4.78, 5) is 26.3. The molecule has 1 N–H and O–H groups in total. The Morgan fingerprint density at radius 3 is 2.45 bits per heavy atom. The van der Waals surface area contributed by atoms with Gasteiger partial charge in [0.25, 0.3) is 0 Å². The third-order valence-electron chi connectivity index (χ3n) is 2.71. The number of anilines is 1. The Labute approximate surface area is 119 Å². The second-order valence-electron chi connectivity index (χ2n) is 4.33. The Kier molecular flexibility index (Phi) is 6.29. The Balaban J connectivity index is 2.99. The molecule has 5 heteroatoms. The van der Waals surface area contributed by atoms with Crippen molar-refractivity contribution in [1.29, 1.82) is 0 Å². The van der Waals surface area contributed by atoms with Gasteiger partial charge in [-0.3, -0.25) is 9.69 Å². The van der Waals surface area contributed by atoms with Crippen LogP contribution < -0.4 is 4.90 Å². The number of amides is 2. The number of carboxylic acids is 1. The maximum Gasteiger partial charge on any atom is 0.325 e. The minimum Gasteiger partial charge on any atom is -0.480 e. The highest BCUT2D eigenvalue weighted by Crippen LogP contribution is 2.15. The molecule has 0 aromatic heterocycles. The minimum absolute atomic E-state index is 0.319. The molecule has 0 heterocycles. The standard InChI is InChI=1S/C15H20N2O3/c1-3-10-16(11-4-2)15(20)17(12-14(18)19)13-8-6-5-7-9-13/h3,5-9H,1,4,10-12H2,2H3,(H,18,19). The summed E-state index contributed by atoms with van der Waals surface area (Å²) in [5.41, 5.74) is 0.574. The molecule has 1 aromatic rings. The zero-order chi connectivity index (χ0) is 15.0. The number of benzene rings is 1. The Hall–Kier alpha value is -2.30. The van der Waals surface area contributed by atoms with Crippen molar-refractivity contribution in [2.24, 2.45) is 0 Å². The van der Waals surface area contributed by atoms with Crippen molar-refractivity contribution in [3.63, 3.8) is 0 Å². The normalized spacial score (nSPS) is 9.85. The molecule has 0 atom stereocenters. The molecule has 5 nitrogen and oxygen atoms in total.